The zero-order valence-electron chi connectivity index (χ0n) is 15.1. The van der Waals surface area contributed by atoms with Crippen LogP contribution in [0.3, 0.4) is 0 Å². The molecule has 0 bridgehead atoms. The number of hydrogen-bond acceptors (Lipinski definition) is 4. The number of nitrogens with one attached hydrogen (secondary N) is 1. The molecule has 0 saturated carbocycles. The van der Waals surface area contributed by atoms with Crippen molar-refractivity contribution < 1.29 is 27.9 Å². The fraction of sp³-hybridized carbons (Fsp3) is 0.688. The van der Waals surface area contributed by atoms with Gasteiger partial charge in [0.15, 0.2) is 0 Å². The van der Waals surface area contributed by atoms with E-state index >= 15 is 0 Å². The highest BCUT2D eigenvalue weighted by Crippen LogP contribution is 2.32. The number of aliphatic hydroxyl groups is 1. The van der Waals surface area contributed by atoms with Crippen molar-refractivity contribution in [2.75, 3.05) is 13.1 Å². The van der Waals surface area contributed by atoms with Crippen LogP contribution in [0.4, 0.5) is 18.0 Å². The molecule has 1 aliphatic rings. The van der Waals surface area contributed by atoms with E-state index in [1.807, 2.05) is 6.92 Å². The molecule has 1 aromatic rings. The molecule has 1 fully saturated rings. The van der Waals surface area contributed by atoms with E-state index < -0.39 is 23.7 Å². The third-order valence-corrected chi connectivity index (χ3v) is 4.82. The van der Waals surface area contributed by atoms with Gasteiger partial charge in [-0.3, -0.25) is 4.79 Å². The van der Waals surface area contributed by atoms with Gasteiger partial charge in [-0.15, -0.1) is 0 Å². The predicted molar refractivity (Wildman–Crippen MR) is 86.5 cm³/mol. The fourth-order valence-electron chi connectivity index (χ4n) is 2.85. The minimum absolute atomic E-state index is 0.00712. The van der Waals surface area contributed by atoms with Crippen LogP contribution in [-0.4, -0.2) is 62.6 Å². The lowest BCUT2D eigenvalue weighted by Gasteiger charge is -2.40. The van der Waals surface area contributed by atoms with E-state index in [0.717, 1.165) is 16.2 Å². The maximum absolute atomic E-state index is 12.8. The van der Waals surface area contributed by atoms with Crippen LogP contribution in [0.25, 0.3) is 0 Å². The van der Waals surface area contributed by atoms with Gasteiger partial charge >= 0.3 is 12.2 Å². The highest BCUT2D eigenvalue weighted by Gasteiger charge is 2.57. The summed E-state index contributed by atoms with van der Waals surface area (Å²) in [6, 6.07) is -0.743. The van der Waals surface area contributed by atoms with Crippen LogP contribution in [0.2, 0.25) is 0 Å². The molecule has 0 aromatic carbocycles. The standard InChI is InChI=1S/C16H23F3N4O3/c1-9-8-23(21-11(9)3)14(25)20-12-5-6-22(7-10(12)2)13(24)15(4,26)16(17,18)19/h8,10,12,26H,5-7H2,1-4H3,(H,20,25). The molecule has 26 heavy (non-hydrogen) atoms. The van der Waals surface area contributed by atoms with Gasteiger partial charge in [0.2, 0.25) is 5.60 Å². The summed E-state index contributed by atoms with van der Waals surface area (Å²) >= 11 is 0. The molecule has 3 atom stereocenters. The van der Waals surface area contributed by atoms with Crippen LogP contribution in [0, 0.1) is 19.8 Å². The average molecular weight is 376 g/mol. The summed E-state index contributed by atoms with van der Waals surface area (Å²) in [6.45, 7) is 5.80. The molecule has 0 spiro atoms. The molecule has 3 unspecified atom stereocenters. The van der Waals surface area contributed by atoms with E-state index in [4.69, 9.17) is 0 Å². The summed E-state index contributed by atoms with van der Waals surface area (Å²) in [5.41, 5.74) is -1.83. The number of likely N-dealkylation sites (tertiary alicyclic amines) is 1. The Morgan fingerprint density at radius 3 is 2.42 bits per heavy atom. The topological polar surface area (TPSA) is 87.5 Å². The zero-order valence-corrected chi connectivity index (χ0v) is 15.1. The van der Waals surface area contributed by atoms with Gasteiger partial charge < -0.3 is 15.3 Å². The molecule has 0 radical (unpaired) electrons. The molecule has 146 valence electrons. The monoisotopic (exact) mass is 376 g/mol. The molecule has 0 aliphatic carbocycles. The van der Waals surface area contributed by atoms with E-state index in [2.05, 4.69) is 10.4 Å². The van der Waals surface area contributed by atoms with E-state index in [-0.39, 0.29) is 31.5 Å². The smallest absolute Gasteiger partial charge is 0.373 e. The van der Waals surface area contributed by atoms with Crippen LogP contribution in [0.1, 0.15) is 31.5 Å². The van der Waals surface area contributed by atoms with Crippen molar-refractivity contribution in [1.29, 1.82) is 0 Å². The van der Waals surface area contributed by atoms with Gasteiger partial charge in [0.25, 0.3) is 5.91 Å². The molecule has 7 nitrogen and oxygen atoms in total. The van der Waals surface area contributed by atoms with E-state index in [0.29, 0.717) is 6.92 Å². The van der Waals surface area contributed by atoms with Crippen molar-refractivity contribution in [3.8, 4) is 0 Å². The molecular weight excluding hydrogens is 353 g/mol. The van der Waals surface area contributed by atoms with Crippen molar-refractivity contribution >= 4 is 11.9 Å². The number of aromatic nitrogens is 2. The summed E-state index contributed by atoms with van der Waals surface area (Å²) in [6.07, 6.45) is -3.17. The Labute approximate surface area is 149 Å². The second kappa shape index (κ2) is 6.90. The van der Waals surface area contributed by atoms with Gasteiger partial charge in [-0.1, -0.05) is 6.92 Å². The van der Waals surface area contributed by atoms with Gasteiger partial charge in [0, 0.05) is 25.3 Å². The summed E-state index contributed by atoms with van der Waals surface area (Å²) in [7, 11) is 0. The van der Waals surface area contributed by atoms with E-state index in [9.17, 15) is 27.9 Å². The molecule has 2 rings (SSSR count). The first-order valence-corrected chi connectivity index (χ1v) is 8.26. The van der Waals surface area contributed by atoms with Crippen molar-refractivity contribution in [2.24, 2.45) is 5.92 Å². The van der Waals surface area contributed by atoms with Crippen LogP contribution in [0.15, 0.2) is 6.20 Å². The van der Waals surface area contributed by atoms with Crippen LogP contribution in [0.5, 0.6) is 0 Å². The molecule has 2 heterocycles. The Bertz CT molecular complexity index is 680. The zero-order chi connectivity index (χ0) is 19.9. The van der Waals surface area contributed by atoms with Gasteiger partial charge in [-0.25, -0.2) is 4.79 Å². The minimum atomic E-state index is -5.05. The Balaban J connectivity index is 2.00. The first-order chi connectivity index (χ1) is 11.8. The lowest BCUT2D eigenvalue weighted by Crippen LogP contribution is -2.60. The van der Waals surface area contributed by atoms with Gasteiger partial charge in [-0.2, -0.15) is 23.0 Å². The number of alkyl halides is 3. The molecular formula is C16H23F3N4O3. The van der Waals surface area contributed by atoms with Gasteiger partial charge in [0.1, 0.15) is 0 Å². The quantitative estimate of drug-likeness (QED) is 0.821. The maximum atomic E-state index is 12.8. The highest BCUT2D eigenvalue weighted by atomic mass is 19.4. The van der Waals surface area contributed by atoms with Gasteiger partial charge in [-0.05, 0) is 38.7 Å². The molecule has 1 aromatic heterocycles. The number of piperidine rings is 1. The Hall–Kier alpha value is -2.10. The predicted octanol–water partition coefficient (Wildman–Crippen LogP) is 1.61. The SMILES string of the molecule is Cc1cn(C(=O)NC2CCN(C(=O)C(C)(O)C(F)(F)F)CC2C)nc1C. The molecule has 2 amide bonds. The summed E-state index contributed by atoms with van der Waals surface area (Å²) in [5.74, 6) is -1.65. The Morgan fingerprint density at radius 1 is 1.35 bits per heavy atom. The number of hydrogen-bond donors (Lipinski definition) is 2. The summed E-state index contributed by atoms with van der Waals surface area (Å²) in [5, 5.41) is 16.4. The normalized spacial score (nSPS) is 23.5. The third-order valence-electron chi connectivity index (χ3n) is 4.82. The van der Waals surface area contributed by atoms with Crippen LogP contribution in [-0.2, 0) is 4.79 Å². The number of rotatable bonds is 2. The third kappa shape index (κ3) is 3.84. The number of carbonyl (C=O) groups is 2. The Morgan fingerprint density at radius 2 is 1.96 bits per heavy atom. The van der Waals surface area contributed by atoms with Crippen LogP contribution < -0.4 is 5.32 Å². The first-order valence-electron chi connectivity index (χ1n) is 8.26. The number of halogens is 3. The van der Waals surface area contributed by atoms with Crippen LogP contribution >= 0.6 is 0 Å². The number of aryl methyl sites for hydroxylation is 2. The average Bonchev–Trinajstić information content (AvgIpc) is 2.87. The second-order valence-electron chi connectivity index (χ2n) is 6.99. The van der Waals surface area contributed by atoms with E-state index in [1.165, 1.54) is 4.68 Å². The van der Waals surface area contributed by atoms with Gasteiger partial charge in [0.05, 0.1) is 5.69 Å². The van der Waals surface area contributed by atoms with Crippen molar-refractivity contribution in [1.82, 2.24) is 20.0 Å². The first kappa shape index (κ1) is 20.2. The molecule has 10 heteroatoms. The lowest BCUT2D eigenvalue weighted by atomic mass is 9.92. The number of amides is 2. The second-order valence-corrected chi connectivity index (χ2v) is 6.99. The largest absolute Gasteiger partial charge is 0.426 e. The number of nitrogens with zero attached hydrogens (tertiary/aromatic N) is 3. The van der Waals surface area contributed by atoms with E-state index in [1.54, 1.807) is 20.0 Å². The Kier molecular flexibility index (Phi) is 5.36. The fourth-order valence-corrected chi connectivity index (χ4v) is 2.85. The molecule has 1 saturated heterocycles. The molecule has 2 N–H and O–H groups in total. The summed E-state index contributed by atoms with van der Waals surface area (Å²) < 4.78 is 39.7. The minimum Gasteiger partial charge on any atom is -0.373 e. The van der Waals surface area contributed by atoms with Crippen molar-refractivity contribution in [2.45, 2.75) is 51.9 Å². The number of carbonyl (C=O) groups excluding carboxylic acids is 2. The maximum Gasteiger partial charge on any atom is 0.426 e. The van der Waals surface area contributed by atoms with Crippen molar-refractivity contribution in [3.63, 3.8) is 0 Å². The van der Waals surface area contributed by atoms with Crippen molar-refractivity contribution in [3.05, 3.63) is 17.5 Å². The summed E-state index contributed by atoms with van der Waals surface area (Å²) in [4.78, 5) is 25.3. The highest BCUT2D eigenvalue weighted by molar-refractivity contribution is 5.85. The molecule has 1 aliphatic heterocycles. The lowest BCUT2D eigenvalue weighted by molar-refractivity contribution is -0.250.